The van der Waals surface area contributed by atoms with E-state index in [9.17, 15) is 4.79 Å². The highest BCUT2D eigenvalue weighted by Gasteiger charge is 2.29. The highest BCUT2D eigenvalue weighted by molar-refractivity contribution is 5.78. The van der Waals surface area contributed by atoms with Crippen LogP contribution in [-0.2, 0) is 17.8 Å². The zero-order valence-electron chi connectivity index (χ0n) is 12.2. The second kappa shape index (κ2) is 5.09. The molecule has 0 aromatic heterocycles. The van der Waals surface area contributed by atoms with Crippen LogP contribution < -0.4 is 15.4 Å². The van der Waals surface area contributed by atoms with E-state index in [2.05, 4.69) is 36.6 Å². The maximum absolute atomic E-state index is 11.6. The number of hydrogen-bond donors (Lipinski definition) is 2. The number of amides is 1. The van der Waals surface area contributed by atoms with Gasteiger partial charge in [-0.15, -0.1) is 0 Å². The van der Waals surface area contributed by atoms with E-state index in [1.807, 2.05) is 6.07 Å². The third-order valence-electron chi connectivity index (χ3n) is 3.68. The summed E-state index contributed by atoms with van der Waals surface area (Å²) in [6.07, 6.45) is 3.21. The van der Waals surface area contributed by atoms with Crippen LogP contribution in [0, 0.1) is 0 Å². The van der Waals surface area contributed by atoms with Crippen LogP contribution in [0.4, 0.5) is 0 Å². The van der Waals surface area contributed by atoms with Crippen molar-refractivity contribution in [1.82, 2.24) is 10.6 Å². The molecule has 1 aromatic carbocycles. The fraction of sp³-hybridized carbons (Fsp3) is 0.562. The lowest BCUT2D eigenvalue weighted by Crippen LogP contribution is -2.34. The molecule has 0 unspecified atom stereocenters. The summed E-state index contributed by atoms with van der Waals surface area (Å²) >= 11 is 0. The number of fused-ring (bicyclic) bond motifs is 1. The smallest absolute Gasteiger partial charge is 0.234 e. The van der Waals surface area contributed by atoms with Gasteiger partial charge in [-0.25, -0.2) is 0 Å². The van der Waals surface area contributed by atoms with Gasteiger partial charge in [0.15, 0.2) is 0 Å². The van der Waals surface area contributed by atoms with Crippen molar-refractivity contribution in [2.75, 3.05) is 6.54 Å². The first-order valence-corrected chi connectivity index (χ1v) is 7.33. The number of hydrogen-bond acceptors (Lipinski definition) is 3. The topological polar surface area (TPSA) is 50.4 Å². The molecular weight excluding hydrogens is 252 g/mol. The van der Waals surface area contributed by atoms with Gasteiger partial charge in [0, 0.05) is 19.0 Å². The van der Waals surface area contributed by atoms with Crippen molar-refractivity contribution in [3.05, 3.63) is 29.3 Å². The molecule has 0 bridgehead atoms. The maximum Gasteiger partial charge on any atom is 0.234 e. The Bertz CT molecular complexity index is 521. The Morgan fingerprint density at radius 1 is 1.40 bits per heavy atom. The van der Waals surface area contributed by atoms with Crippen molar-refractivity contribution in [3.8, 4) is 5.75 Å². The molecule has 1 aliphatic heterocycles. The predicted molar refractivity (Wildman–Crippen MR) is 77.7 cm³/mol. The van der Waals surface area contributed by atoms with Crippen LogP contribution in [0.15, 0.2) is 18.2 Å². The molecule has 1 saturated carbocycles. The Hall–Kier alpha value is -1.55. The summed E-state index contributed by atoms with van der Waals surface area (Å²) in [5.74, 6) is 1.09. The fourth-order valence-corrected chi connectivity index (χ4v) is 2.60. The minimum absolute atomic E-state index is 0.0955. The molecule has 0 spiro atoms. The Morgan fingerprint density at radius 3 is 2.95 bits per heavy atom. The summed E-state index contributed by atoms with van der Waals surface area (Å²) in [7, 11) is 0. The van der Waals surface area contributed by atoms with Crippen LogP contribution in [0.1, 0.15) is 37.8 Å². The number of benzene rings is 1. The fourth-order valence-electron chi connectivity index (χ4n) is 2.60. The Morgan fingerprint density at radius 2 is 2.20 bits per heavy atom. The molecule has 1 aliphatic carbocycles. The van der Waals surface area contributed by atoms with E-state index in [-0.39, 0.29) is 11.5 Å². The number of ether oxygens (including phenoxy) is 1. The van der Waals surface area contributed by atoms with E-state index in [1.54, 1.807) is 0 Å². The molecule has 1 heterocycles. The van der Waals surface area contributed by atoms with E-state index < -0.39 is 0 Å². The summed E-state index contributed by atoms with van der Waals surface area (Å²) in [6.45, 7) is 5.31. The number of rotatable bonds is 5. The first-order valence-electron chi connectivity index (χ1n) is 7.33. The lowest BCUT2D eigenvalue weighted by molar-refractivity contribution is -0.120. The summed E-state index contributed by atoms with van der Waals surface area (Å²) < 4.78 is 5.86. The Labute approximate surface area is 119 Å². The predicted octanol–water partition coefficient (Wildman–Crippen LogP) is 1.77. The highest BCUT2D eigenvalue weighted by atomic mass is 16.5. The van der Waals surface area contributed by atoms with Crippen LogP contribution in [0.2, 0.25) is 0 Å². The average Bonchev–Trinajstić information content (AvgIpc) is 3.09. The van der Waals surface area contributed by atoms with Crippen LogP contribution >= 0.6 is 0 Å². The van der Waals surface area contributed by atoms with Gasteiger partial charge >= 0.3 is 0 Å². The van der Waals surface area contributed by atoms with Gasteiger partial charge in [0.1, 0.15) is 11.4 Å². The number of nitrogens with one attached hydrogen (secondary N) is 2. The molecule has 0 radical (unpaired) electrons. The van der Waals surface area contributed by atoms with Crippen LogP contribution in [-0.4, -0.2) is 24.1 Å². The molecule has 0 atom stereocenters. The molecule has 108 valence electrons. The zero-order chi connectivity index (χ0) is 14.2. The van der Waals surface area contributed by atoms with Gasteiger partial charge in [-0.2, -0.15) is 0 Å². The summed E-state index contributed by atoms with van der Waals surface area (Å²) in [5.41, 5.74) is 2.36. The van der Waals surface area contributed by atoms with Crippen molar-refractivity contribution in [2.24, 2.45) is 0 Å². The molecule has 4 heteroatoms. The van der Waals surface area contributed by atoms with Gasteiger partial charge in [0.25, 0.3) is 0 Å². The van der Waals surface area contributed by atoms with Crippen molar-refractivity contribution >= 4 is 5.91 Å². The van der Waals surface area contributed by atoms with Gasteiger partial charge in [0.2, 0.25) is 5.91 Å². The van der Waals surface area contributed by atoms with Crippen molar-refractivity contribution in [1.29, 1.82) is 0 Å². The van der Waals surface area contributed by atoms with Crippen LogP contribution in [0.3, 0.4) is 0 Å². The third-order valence-corrected chi connectivity index (χ3v) is 3.68. The first-order chi connectivity index (χ1) is 9.52. The maximum atomic E-state index is 11.6. The van der Waals surface area contributed by atoms with E-state index in [4.69, 9.17) is 4.74 Å². The summed E-state index contributed by atoms with van der Waals surface area (Å²) in [4.78, 5) is 11.6. The lowest BCUT2D eigenvalue weighted by atomic mass is 10.0. The van der Waals surface area contributed by atoms with Gasteiger partial charge in [-0.3, -0.25) is 4.79 Å². The Balaban J connectivity index is 1.50. The molecule has 1 fully saturated rings. The van der Waals surface area contributed by atoms with Crippen molar-refractivity contribution in [2.45, 2.75) is 51.3 Å². The van der Waals surface area contributed by atoms with Crippen LogP contribution in [0.5, 0.6) is 5.75 Å². The van der Waals surface area contributed by atoms with E-state index >= 15 is 0 Å². The average molecular weight is 274 g/mol. The quantitative estimate of drug-likeness (QED) is 0.860. The summed E-state index contributed by atoms with van der Waals surface area (Å²) in [6, 6.07) is 6.71. The minimum Gasteiger partial charge on any atom is -0.487 e. The second-order valence-electron chi connectivity index (χ2n) is 6.43. The molecule has 1 amide bonds. The SMILES string of the molecule is CC1(C)Cc2cc(CNCC(=O)NC3CC3)ccc2O1. The normalized spacial score (nSPS) is 19.3. The zero-order valence-corrected chi connectivity index (χ0v) is 12.2. The number of carbonyl (C=O) groups excluding carboxylic acids is 1. The lowest BCUT2D eigenvalue weighted by Gasteiger charge is -2.16. The molecule has 2 aliphatic rings. The van der Waals surface area contributed by atoms with E-state index in [0.717, 1.165) is 25.0 Å². The molecule has 4 nitrogen and oxygen atoms in total. The molecule has 2 N–H and O–H groups in total. The minimum atomic E-state index is -0.0987. The van der Waals surface area contributed by atoms with Gasteiger partial charge in [-0.05, 0) is 43.9 Å². The van der Waals surface area contributed by atoms with Gasteiger partial charge in [0.05, 0.1) is 6.54 Å². The molecular formula is C16H22N2O2. The van der Waals surface area contributed by atoms with Crippen LogP contribution in [0.25, 0.3) is 0 Å². The Kier molecular flexibility index (Phi) is 3.42. The summed E-state index contributed by atoms with van der Waals surface area (Å²) in [5, 5.41) is 6.16. The molecule has 1 aromatic rings. The highest BCUT2D eigenvalue weighted by Crippen LogP contribution is 2.35. The largest absolute Gasteiger partial charge is 0.487 e. The monoisotopic (exact) mass is 274 g/mol. The molecule has 20 heavy (non-hydrogen) atoms. The van der Waals surface area contributed by atoms with Gasteiger partial charge < -0.3 is 15.4 Å². The third kappa shape index (κ3) is 3.31. The van der Waals surface area contributed by atoms with Crippen molar-refractivity contribution < 1.29 is 9.53 Å². The molecule has 3 rings (SSSR count). The standard InChI is InChI=1S/C16H22N2O2/c1-16(2)8-12-7-11(3-6-14(12)20-16)9-17-10-15(19)18-13-4-5-13/h3,6-7,13,17H,4-5,8-10H2,1-2H3,(H,18,19). The van der Waals surface area contributed by atoms with E-state index in [1.165, 1.54) is 11.1 Å². The number of carbonyl (C=O) groups is 1. The first kappa shape index (κ1) is 13.4. The van der Waals surface area contributed by atoms with Crippen molar-refractivity contribution in [3.63, 3.8) is 0 Å². The second-order valence-corrected chi connectivity index (χ2v) is 6.43. The molecule has 0 saturated heterocycles. The van der Waals surface area contributed by atoms with E-state index in [0.29, 0.717) is 19.1 Å². The van der Waals surface area contributed by atoms with Gasteiger partial charge in [-0.1, -0.05) is 12.1 Å².